The Balaban J connectivity index is 3.38. The van der Waals surface area contributed by atoms with E-state index in [1.54, 1.807) is 0 Å². The van der Waals surface area contributed by atoms with Crippen molar-refractivity contribution in [3.63, 3.8) is 0 Å². The largest absolute Gasteiger partial charge is 0.496 e. The molecule has 0 radical (unpaired) electrons. The summed E-state index contributed by atoms with van der Waals surface area (Å²) >= 11 is 5.70. The van der Waals surface area contributed by atoms with Crippen LogP contribution in [0, 0.1) is 5.82 Å². The summed E-state index contributed by atoms with van der Waals surface area (Å²) < 4.78 is 23.4. The summed E-state index contributed by atoms with van der Waals surface area (Å²) in [7, 11) is 2.84. The zero-order chi connectivity index (χ0) is 10.7. The van der Waals surface area contributed by atoms with Crippen molar-refractivity contribution in [2.45, 2.75) is 6.54 Å². The minimum atomic E-state index is -0.592. The summed E-state index contributed by atoms with van der Waals surface area (Å²) in [4.78, 5) is 0. The van der Waals surface area contributed by atoms with E-state index in [2.05, 4.69) is 0 Å². The van der Waals surface area contributed by atoms with Crippen LogP contribution in [0.2, 0.25) is 5.02 Å². The summed E-state index contributed by atoms with van der Waals surface area (Å²) in [6.45, 7) is 0.0265. The van der Waals surface area contributed by atoms with Crippen LogP contribution in [0.15, 0.2) is 6.07 Å². The van der Waals surface area contributed by atoms with Gasteiger partial charge in [0.25, 0.3) is 0 Å². The van der Waals surface area contributed by atoms with Crippen molar-refractivity contribution in [2.75, 3.05) is 14.2 Å². The first-order chi connectivity index (χ1) is 6.65. The lowest BCUT2D eigenvalue weighted by Gasteiger charge is -2.12. The molecule has 0 heterocycles. The molecule has 1 aromatic carbocycles. The lowest BCUT2D eigenvalue weighted by atomic mass is 10.1. The molecular weight excluding hydrogens is 209 g/mol. The first-order valence-corrected chi connectivity index (χ1v) is 4.32. The highest BCUT2D eigenvalue weighted by Gasteiger charge is 2.16. The molecule has 0 atom stereocenters. The Kier molecular flexibility index (Phi) is 3.55. The van der Waals surface area contributed by atoms with Gasteiger partial charge in [-0.3, -0.25) is 0 Å². The van der Waals surface area contributed by atoms with Crippen LogP contribution < -0.4 is 15.2 Å². The molecule has 5 heteroatoms. The van der Waals surface area contributed by atoms with E-state index in [-0.39, 0.29) is 22.9 Å². The summed E-state index contributed by atoms with van der Waals surface area (Å²) in [5.74, 6) is -0.0187. The summed E-state index contributed by atoms with van der Waals surface area (Å²) in [6, 6.07) is 1.51. The van der Waals surface area contributed by atoms with Gasteiger partial charge >= 0.3 is 0 Å². The van der Waals surface area contributed by atoms with Crippen molar-refractivity contribution in [3.05, 3.63) is 22.5 Å². The van der Waals surface area contributed by atoms with E-state index < -0.39 is 5.82 Å². The van der Waals surface area contributed by atoms with Gasteiger partial charge in [-0.25, -0.2) is 4.39 Å². The predicted octanol–water partition coefficient (Wildman–Crippen LogP) is 1.96. The molecule has 0 aliphatic carbocycles. The second-order valence-electron chi connectivity index (χ2n) is 2.59. The van der Waals surface area contributed by atoms with Crippen molar-refractivity contribution in [1.82, 2.24) is 0 Å². The van der Waals surface area contributed by atoms with E-state index in [0.717, 1.165) is 0 Å². The molecule has 2 N–H and O–H groups in total. The first-order valence-electron chi connectivity index (χ1n) is 3.94. The van der Waals surface area contributed by atoms with Crippen LogP contribution in [0.5, 0.6) is 11.5 Å². The van der Waals surface area contributed by atoms with Crippen LogP contribution in [0.3, 0.4) is 0 Å². The molecule has 0 saturated heterocycles. The van der Waals surface area contributed by atoms with Crippen LogP contribution in [0.1, 0.15) is 5.56 Å². The third-order valence-corrected chi connectivity index (χ3v) is 2.23. The topological polar surface area (TPSA) is 44.5 Å². The molecule has 0 aliphatic rings. The van der Waals surface area contributed by atoms with Crippen LogP contribution in [-0.4, -0.2) is 14.2 Å². The highest BCUT2D eigenvalue weighted by molar-refractivity contribution is 6.32. The van der Waals surface area contributed by atoms with Gasteiger partial charge in [0.2, 0.25) is 0 Å². The molecule has 0 aromatic heterocycles. The molecular formula is C9H11ClFNO2. The van der Waals surface area contributed by atoms with Gasteiger partial charge in [0.15, 0.2) is 5.82 Å². The van der Waals surface area contributed by atoms with E-state index in [0.29, 0.717) is 5.75 Å². The number of nitrogens with two attached hydrogens (primary N) is 1. The first kappa shape index (κ1) is 11.1. The monoisotopic (exact) mass is 219 g/mol. The average molecular weight is 220 g/mol. The fourth-order valence-electron chi connectivity index (χ4n) is 1.14. The maximum absolute atomic E-state index is 13.5. The van der Waals surface area contributed by atoms with Crippen LogP contribution in [-0.2, 0) is 6.54 Å². The van der Waals surface area contributed by atoms with Crippen LogP contribution >= 0.6 is 11.6 Å². The van der Waals surface area contributed by atoms with Crippen molar-refractivity contribution in [1.29, 1.82) is 0 Å². The molecule has 0 amide bonds. The smallest absolute Gasteiger partial charge is 0.153 e. The highest BCUT2D eigenvalue weighted by Crippen LogP contribution is 2.35. The van der Waals surface area contributed by atoms with Gasteiger partial charge in [-0.15, -0.1) is 0 Å². The minimum Gasteiger partial charge on any atom is -0.496 e. The van der Waals surface area contributed by atoms with Crippen LogP contribution in [0.4, 0.5) is 4.39 Å². The minimum absolute atomic E-state index is 0.0265. The van der Waals surface area contributed by atoms with E-state index in [9.17, 15) is 4.39 Å². The van der Waals surface area contributed by atoms with Crippen molar-refractivity contribution < 1.29 is 13.9 Å². The molecule has 0 aliphatic heterocycles. The predicted molar refractivity (Wildman–Crippen MR) is 52.4 cm³/mol. The lowest BCUT2D eigenvalue weighted by molar-refractivity contribution is 0.384. The quantitative estimate of drug-likeness (QED) is 0.845. The summed E-state index contributed by atoms with van der Waals surface area (Å²) in [5, 5.41) is -0.0752. The van der Waals surface area contributed by atoms with Crippen molar-refractivity contribution in [2.24, 2.45) is 5.73 Å². The Morgan fingerprint density at radius 1 is 1.36 bits per heavy atom. The zero-order valence-corrected chi connectivity index (χ0v) is 8.69. The van der Waals surface area contributed by atoms with E-state index in [1.807, 2.05) is 0 Å². The van der Waals surface area contributed by atoms with Crippen LogP contribution in [0.25, 0.3) is 0 Å². The van der Waals surface area contributed by atoms with Gasteiger partial charge in [0.1, 0.15) is 16.5 Å². The van der Waals surface area contributed by atoms with Gasteiger partial charge in [-0.1, -0.05) is 11.6 Å². The maximum atomic E-state index is 13.5. The standard InChI is InChI=1S/C9H11ClFNO2/c1-13-6-3-7(14-2)8(10)9(11)5(6)4-12/h3H,4,12H2,1-2H3. The second kappa shape index (κ2) is 4.48. The molecule has 3 nitrogen and oxygen atoms in total. The number of methoxy groups -OCH3 is 2. The number of hydrogen-bond donors (Lipinski definition) is 1. The molecule has 0 bridgehead atoms. The van der Waals surface area contributed by atoms with Gasteiger partial charge in [0.05, 0.1) is 14.2 Å². The summed E-state index contributed by atoms with van der Waals surface area (Å²) in [6.07, 6.45) is 0. The maximum Gasteiger partial charge on any atom is 0.153 e. The van der Waals surface area contributed by atoms with E-state index >= 15 is 0 Å². The third kappa shape index (κ3) is 1.76. The lowest BCUT2D eigenvalue weighted by Crippen LogP contribution is -2.04. The number of hydrogen-bond acceptors (Lipinski definition) is 3. The van der Waals surface area contributed by atoms with Gasteiger partial charge in [-0.05, 0) is 0 Å². The molecule has 78 valence electrons. The molecule has 0 fully saturated rings. The molecule has 14 heavy (non-hydrogen) atoms. The normalized spacial score (nSPS) is 10.1. The van der Waals surface area contributed by atoms with E-state index in [1.165, 1.54) is 20.3 Å². The fourth-order valence-corrected chi connectivity index (χ4v) is 1.38. The third-order valence-electron chi connectivity index (χ3n) is 1.88. The molecule has 0 unspecified atom stereocenters. The molecule has 0 saturated carbocycles. The Hall–Kier alpha value is -1.00. The Bertz CT molecular complexity index is 344. The second-order valence-corrected chi connectivity index (χ2v) is 2.97. The number of halogens is 2. The zero-order valence-electron chi connectivity index (χ0n) is 7.93. The Morgan fingerprint density at radius 2 is 1.93 bits per heavy atom. The van der Waals surface area contributed by atoms with Gasteiger partial charge < -0.3 is 15.2 Å². The van der Waals surface area contributed by atoms with Crippen molar-refractivity contribution in [3.8, 4) is 11.5 Å². The molecule has 1 rings (SSSR count). The van der Waals surface area contributed by atoms with Crippen molar-refractivity contribution >= 4 is 11.6 Å². The Labute approximate surface area is 86.6 Å². The number of ether oxygens (including phenoxy) is 2. The number of benzene rings is 1. The molecule has 0 spiro atoms. The molecule has 1 aromatic rings. The Morgan fingerprint density at radius 3 is 2.36 bits per heavy atom. The summed E-state index contributed by atoms with van der Waals surface area (Å²) in [5.41, 5.74) is 5.62. The average Bonchev–Trinajstić information content (AvgIpc) is 2.21. The fraction of sp³-hybridized carbons (Fsp3) is 0.333. The van der Waals surface area contributed by atoms with Gasteiger partial charge in [0, 0.05) is 18.2 Å². The SMILES string of the molecule is COc1cc(OC)c(CN)c(F)c1Cl. The number of rotatable bonds is 3. The highest BCUT2D eigenvalue weighted by atomic mass is 35.5. The van der Waals surface area contributed by atoms with E-state index in [4.69, 9.17) is 26.8 Å². The van der Waals surface area contributed by atoms with Gasteiger partial charge in [-0.2, -0.15) is 0 Å².